The van der Waals surface area contributed by atoms with Crippen LogP contribution in [0.3, 0.4) is 0 Å². The van der Waals surface area contributed by atoms with E-state index < -0.39 is 6.09 Å². The van der Waals surface area contributed by atoms with Crippen molar-refractivity contribution >= 4 is 6.09 Å². The first-order chi connectivity index (χ1) is 8.71. The van der Waals surface area contributed by atoms with Crippen LogP contribution >= 0.6 is 0 Å². The zero-order chi connectivity index (χ0) is 13.4. The molecule has 0 aliphatic rings. The van der Waals surface area contributed by atoms with Crippen molar-refractivity contribution in [3.8, 4) is 5.75 Å². The molecule has 1 amide bonds. The molecule has 0 fully saturated rings. The van der Waals surface area contributed by atoms with Crippen molar-refractivity contribution < 1.29 is 19.4 Å². The van der Waals surface area contributed by atoms with E-state index in [4.69, 9.17) is 14.6 Å². The number of benzene rings is 1. The number of hydrogen-bond acceptors (Lipinski definition) is 4. The number of nitrogens with one attached hydrogen (secondary N) is 1. The second-order valence-corrected chi connectivity index (χ2v) is 3.73. The Labute approximate surface area is 107 Å². The summed E-state index contributed by atoms with van der Waals surface area (Å²) in [5.74, 6) is 0.839. The second kappa shape index (κ2) is 7.55. The van der Waals surface area contributed by atoms with E-state index in [0.29, 0.717) is 0 Å². The molecule has 1 aromatic rings. The molecule has 0 radical (unpaired) electrons. The Morgan fingerprint density at radius 3 is 2.83 bits per heavy atom. The van der Waals surface area contributed by atoms with Gasteiger partial charge in [-0.15, -0.1) is 0 Å². The average molecular weight is 253 g/mol. The van der Waals surface area contributed by atoms with Gasteiger partial charge in [0.15, 0.2) is 0 Å². The lowest BCUT2D eigenvalue weighted by Gasteiger charge is -2.10. The van der Waals surface area contributed by atoms with Crippen molar-refractivity contribution in [2.75, 3.05) is 20.3 Å². The SMILES string of the molecule is CCc1cc(COC(=O)NCCO)ccc1OC. The van der Waals surface area contributed by atoms with Gasteiger partial charge in [-0.25, -0.2) is 4.79 Å². The lowest BCUT2D eigenvalue weighted by molar-refractivity contribution is 0.137. The molecule has 100 valence electrons. The van der Waals surface area contributed by atoms with E-state index in [1.165, 1.54) is 0 Å². The summed E-state index contributed by atoms with van der Waals surface area (Å²) < 4.78 is 10.2. The number of carbonyl (C=O) groups excluding carboxylic acids is 1. The molecule has 18 heavy (non-hydrogen) atoms. The van der Waals surface area contributed by atoms with Crippen molar-refractivity contribution in [3.05, 3.63) is 29.3 Å². The summed E-state index contributed by atoms with van der Waals surface area (Å²) in [4.78, 5) is 11.2. The predicted molar refractivity (Wildman–Crippen MR) is 67.6 cm³/mol. The van der Waals surface area contributed by atoms with Crippen LogP contribution in [0.1, 0.15) is 18.1 Å². The predicted octanol–water partition coefficient (Wildman–Crippen LogP) is 1.48. The Bertz CT molecular complexity index is 393. The van der Waals surface area contributed by atoms with Crippen molar-refractivity contribution in [2.45, 2.75) is 20.0 Å². The van der Waals surface area contributed by atoms with Crippen LogP contribution in [0.15, 0.2) is 18.2 Å². The van der Waals surface area contributed by atoms with Crippen LogP contribution in [0, 0.1) is 0 Å². The van der Waals surface area contributed by atoms with E-state index in [0.717, 1.165) is 23.3 Å². The highest BCUT2D eigenvalue weighted by atomic mass is 16.5. The van der Waals surface area contributed by atoms with Gasteiger partial charge in [-0.2, -0.15) is 0 Å². The van der Waals surface area contributed by atoms with Crippen LogP contribution in [-0.4, -0.2) is 31.5 Å². The van der Waals surface area contributed by atoms with Crippen molar-refractivity contribution in [3.63, 3.8) is 0 Å². The van der Waals surface area contributed by atoms with E-state index >= 15 is 0 Å². The number of ether oxygens (including phenoxy) is 2. The Balaban J connectivity index is 2.55. The van der Waals surface area contributed by atoms with Gasteiger partial charge < -0.3 is 19.9 Å². The molecule has 0 spiro atoms. The standard InChI is InChI=1S/C13H19NO4/c1-3-11-8-10(4-5-12(11)17-2)9-18-13(16)14-6-7-15/h4-5,8,15H,3,6-7,9H2,1-2H3,(H,14,16). The molecular formula is C13H19NO4. The molecule has 1 rings (SSSR count). The third-order valence-electron chi connectivity index (χ3n) is 2.48. The fraction of sp³-hybridized carbons (Fsp3) is 0.462. The maximum atomic E-state index is 11.2. The van der Waals surface area contributed by atoms with Crippen LogP contribution in [0.25, 0.3) is 0 Å². The van der Waals surface area contributed by atoms with Crippen LogP contribution in [0.4, 0.5) is 4.79 Å². The maximum Gasteiger partial charge on any atom is 0.407 e. The quantitative estimate of drug-likeness (QED) is 0.805. The largest absolute Gasteiger partial charge is 0.496 e. The molecule has 0 atom stereocenters. The van der Waals surface area contributed by atoms with Crippen LogP contribution in [0.5, 0.6) is 5.75 Å². The van der Waals surface area contributed by atoms with Gasteiger partial charge in [-0.3, -0.25) is 0 Å². The number of methoxy groups -OCH3 is 1. The van der Waals surface area contributed by atoms with E-state index in [-0.39, 0.29) is 19.8 Å². The Kier molecular flexibility index (Phi) is 6.00. The summed E-state index contributed by atoms with van der Waals surface area (Å²) in [5.41, 5.74) is 1.99. The average Bonchev–Trinajstić information content (AvgIpc) is 2.42. The third kappa shape index (κ3) is 4.25. The second-order valence-electron chi connectivity index (χ2n) is 3.73. The third-order valence-corrected chi connectivity index (χ3v) is 2.48. The Morgan fingerprint density at radius 2 is 2.22 bits per heavy atom. The first-order valence-electron chi connectivity index (χ1n) is 5.88. The summed E-state index contributed by atoms with van der Waals surface area (Å²) in [5, 5.41) is 11.0. The molecule has 0 heterocycles. The minimum absolute atomic E-state index is 0.0996. The number of amides is 1. The molecule has 5 heteroatoms. The van der Waals surface area contributed by atoms with Gasteiger partial charge >= 0.3 is 6.09 Å². The zero-order valence-electron chi connectivity index (χ0n) is 10.7. The minimum Gasteiger partial charge on any atom is -0.496 e. The summed E-state index contributed by atoms with van der Waals surface area (Å²) in [6, 6.07) is 5.68. The van der Waals surface area contributed by atoms with Gasteiger partial charge in [-0.1, -0.05) is 13.0 Å². The molecule has 2 N–H and O–H groups in total. The highest BCUT2D eigenvalue weighted by Crippen LogP contribution is 2.20. The number of rotatable bonds is 6. The first kappa shape index (κ1) is 14.3. The summed E-state index contributed by atoms with van der Waals surface area (Å²) in [6.07, 6.45) is 0.325. The van der Waals surface area contributed by atoms with Crippen LogP contribution < -0.4 is 10.1 Å². The van der Waals surface area contributed by atoms with E-state index in [9.17, 15) is 4.79 Å². The lowest BCUT2D eigenvalue weighted by atomic mass is 10.1. The van der Waals surface area contributed by atoms with Gasteiger partial charge in [0.2, 0.25) is 0 Å². The number of aliphatic hydroxyl groups excluding tert-OH is 1. The Morgan fingerprint density at radius 1 is 1.44 bits per heavy atom. The lowest BCUT2D eigenvalue weighted by Crippen LogP contribution is -2.26. The Hall–Kier alpha value is -1.75. The first-order valence-corrected chi connectivity index (χ1v) is 5.88. The monoisotopic (exact) mass is 253 g/mol. The van der Waals surface area contributed by atoms with Crippen molar-refractivity contribution in [1.29, 1.82) is 0 Å². The number of alkyl carbamates (subject to hydrolysis) is 1. The molecule has 1 aromatic carbocycles. The van der Waals surface area contributed by atoms with E-state index in [2.05, 4.69) is 5.32 Å². The van der Waals surface area contributed by atoms with Gasteiger partial charge in [0.25, 0.3) is 0 Å². The molecular weight excluding hydrogens is 234 g/mol. The van der Waals surface area contributed by atoms with Crippen LogP contribution in [-0.2, 0) is 17.8 Å². The molecule has 0 bridgehead atoms. The van der Waals surface area contributed by atoms with Gasteiger partial charge in [0.1, 0.15) is 12.4 Å². The molecule has 5 nitrogen and oxygen atoms in total. The number of aliphatic hydroxyl groups is 1. The number of hydrogen-bond donors (Lipinski definition) is 2. The molecule has 0 saturated carbocycles. The van der Waals surface area contributed by atoms with E-state index in [1.54, 1.807) is 7.11 Å². The fourth-order valence-electron chi connectivity index (χ4n) is 1.56. The normalized spacial score (nSPS) is 9.94. The maximum absolute atomic E-state index is 11.2. The van der Waals surface area contributed by atoms with Gasteiger partial charge in [0.05, 0.1) is 13.7 Å². The van der Waals surface area contributed by atoms with E-state index in [1.807, 2.05) is 25.1 Å². The molecule has 0 aromatic heterocycles. The summed E-state index contributed by atoms with van der Waals surface area (Å²) in [6.45, 7) is 2.34. The molecule has 0 unspecified atom stereocenters. The van der Waals surface area contributed by atoms with Crippen molar-refractivity contribution in [2.24, 2.45) is 0 Å². The van der Waals surface area contributed by atoms with Crippen LogP contribution in [0.2, 0.25) is 0 Å². The summed E-state index contributed by atoms with van der Waals surface area (Å²) >= 11 is 0. The molecule has 0 saturated heterocycles. The fourth-order valence-corrected chi connectivity index (χ4v) is 1.56. The van der Waals surface area contributed by atoms with Gasteiger partial charge in [0, 0.05) is 6.54 Å². The number of carbonyl (C=O) groups is 1. The van der Waals surface area contributed by atoms with Crippen molar-refractivity contribution in [1.82, 2.24) is 5.32 Å². The smallest absolute Gasteiger partial charge is 0.407 e. The number of aryl methyl sites for hydroxylation is 1. The van der Waals surface area contributed by atoms with Gasteiger partial charge in [-0.05, 0) is 29.7 Å². The topological polar surface area (TPSA) is 67.8 Å². The zero-order valence-corrected chi connectivity index (χ0v) is 10.7. The molecule has 0 aliphatic heterocycles. The highest BCUT2D eigenvalue weighted by Gasteiger charge is 2.05. The minimum atomic E-state index is -0.530. The highest BCUT2D eigenvalue weighted by molar-refractivity contribution is 5.67. The summed E-state index contributed by atoms with van der Waals surface area (Å²) in [7, 11) is 1.63. The molecule has 0 aliphatic carbocycles.